The fraction of sp³-hybridized carbons (Fsp3) is 0.533. The molecule has 1 aromatic carbocycles. The Morgan fingerprint density at radius 3 is 2.55 bits per heavy atom. The van der Waals surface area contributed by atoms with Gasteiger partial charge in [0.05, 0.1) is 6.61 Å². The van der Waals surface area contributed by atoms with Crippen LogP contribution in [0.2, 0.25) is 0 Å². The third-order valence-electron chi connectivity index (χ3n) is 3.32. The van der Waals surface area contributed by atoms with E-state index in [1.54, 1.807) is 0 Å². The van der Waals surface area contributed by atoms with Crippen LogP contribution < -0.4 is 5.73 Å². The summed E-state index contributed by atoms with van der Waals surface area (Å²) in [6.07, 6.45) is 2.84. The van der Waals surface area contributed by atoms with E-state index >= 15 is 0 Å². The van der Waals surface area contributed by atoms with Crippen LogP contribution in [0.4, 0.5) is 0 Å². The first-order valence-corrected chi connectivity index (χ1v) is 7.55. The summed E-state index contributed by atoms with van der Waals surface area (Å²) in [5.41, 5.74) is 6.55. The van der Waals surface area contributed by atoms with Crippen LogP contribution in [0.25, 0.3) is 0 Å². The van der Waals surface area contributed by atoms with Crippen molar-refractivity contribution < 1.29 is 9.94 Å². The minimum atomic E-state index is -0.263. The average molecular weight is 343 g/mol. The molecule has 0 aliphatic rings. The van der Waals surface area contributed by atoms with Crippen LogP contribution in [0, 0.1) is 5.41 Å². The largest absolute Gasteiger partial charge is 0.409 e. The molecule has 4 nitrogen and oxygen atoms in total. The first-order valence-electron chi connectivity index (χ1n) is 6.76. The summed E-state index contributed by atoms with van der Waals surface area (Å²) >= 11 is 3.41. The molecule has 0 amide bonds. The Labute approximate surface area is 129 Å². The summed E-state index contributed by atoms with van der Waals surface area (Å²) in [6.45, 7) is 5.31. The van der Waals surface area contributed by atoms with Crippen LogP contribution in [0.3, 0.4) is 0 Å². The zero-order chi connectivity index (χ0) is 15.0. The quantitative estimate of drug-likeness (QED) is 0.247. The summed E-state index contributed by atoms with van der Waals surface area (Å²) in [7, 11) is 0. The molecule has 0 aliphatic carbocycles. The summed E-state index contributed by atoms with van der Waals surface area (Å²) < 4.78 is 6.71. The Kier molecular flexibility index (Phi) is 7.02. The SMILES string of the molecule is CC(C)(CCCCOCc1ccc(Br)cc1)/C(N)=N/O. The van der Waals surface area contributed by atoms with Gasteiger partial charge in [0.15, 0.2) is 0 Å². The molecule has 0 saturated heterocycles. The highest BCUT2D eigenvalue weighted by atomic mass is 79.9. The molecule has 0 aromatic heterocycles. The zero-order valence-electron chi connectivity index (χ0n) is 12.1. The molecular weight excluding hydrogens is 320 g/mol. The van der Waals surface area contributed by atoms with Crippen molar-refractivity contribution in [2.24, 2.45) is 16.3 Å². The number of oxime groups is 1. The summed E-state index contributed by atoms with van der Waals surface area (Å²) in [5, 5.41) is 11.8. The second-order valence-electron chi connectivity index (χ2n) is 5.51. The van der Waals surface area contributed by atoms with Crippen LogP contribution in [0.5, 0.6) is 0 Å². The van der Waals surface area contributed by atoms with Crippen LogP contribution in [-0.2, 0) is 11.3 Å². The van der Waals surface area contributed by atoms with Gasteiger partial charge in [-0.3, -0.25) is 0 Å². The predicted octanol–water partition coefficient (Wildman–Crippen LogP) is 3.91. The minimum Gasteiger partial charge on any atom is -0.409 e. The average Bonchev–Trinajstić information content (AvgIpc) is 2.43. The molecule has 0 heterocycles. The van der Waals surface area contributed by atoms with E-state index in [1.807, 2.05) is 38.1 Å². The number of hydrogen-bond acceptors (Lipinski definition) is 3. The van der Waals surface area contributed by atoms with Crippen molar-refractivity contribution >= 4 is 21.8 Å². The predicted molar refractivity (Wildman–Crippen MR) is 84.8 cm³/mol. The summed E-state index contributed by atoms with van der Waals surface area (Å²) in [4.78, 5) is 0. The van der Waals surface area contributed by atoms with Crippen molar-refractivity contribution in [2.45, 2.75) is 39.7 Å². The summed E-state index contributed by atoms with van der Waals surface area (Å²) in [6, 6.07) is 8.12. The van der Waals surface area contributed by atoms with Gasteiger partial charge in [0.2, 0.25) is 0 Å². The number of amidine groups is 1. The van der Waals surface area contributed by atoms with E-state index in [0.717, 1.165) is 30.3 Å². The molecule has 0 spiro atoms. The number of benzene rings is 1. The van der Waals surface area contributed by atoms with Crippen molar-refractivity contribution in [2.75, 3.05) is 6.61 Å². The molecule has 0 fully saturated rings. The maximum absolute atomic E-state index is 8.69. The van der Waals surface area contributed by atoms with Crippen molar-refractivity contribution in [1.82, 2.24) is 0 Å². The van der Waals surface area contributed by atoms with Gasteiger partial charge in [-0.2, -0.15) is 0 Å². The van der Waals surface area contributed by atoms with Gasteiger partial charge in [-0.05, 0) is 30.5 Å². The standard InChI is InChI=1S/C15H23BrN2O2/c1-15(2,14(17)18-19)9-3-4-10-20-11-12-5-7-13(16)8-6-12/h5-8,19H,3-4,9-11H2,1-2H3,(H2,17,18). The molecule has 3 N–H and O–H groups in total. The molecule has 0 bridgehead atoms. The molecule has 0 saturated carbocycles. The van der Waals surface area contributed by atoms with E-state index in [4.69, 9.17) is 15.7 Å². The Bertz CT molecular complexity index is 430. The smallest absolute Gasteiger partial charge is 0.144 e. The molecule has 20 heavy (non-hydrogen) atoms. The van der Waals surface area contributed by atoms with Gasteiger partial charge in [-0.1, -0.05) is 53.5 Å². The second kappa shape index (κ2) is 8.27. The molecular formula is C15H23BrN2O2. The Balaban J connectivity index is 2.15. The lowest BCUT2D eigenvalue weighted by molar-refractivity contribution is 0.115. The summed E-state index contributed by atoms with van der Waals surface area (Å²) in [5.74, 6) is 0.285. The lowest BCUT2D eigenvalue weighted by atomic mass is 9.86. The molecule has 0 radical (unpaired) electrons. The van der Waals surface area contributed by atoms with Gasteiger partial charge >= 0.3 is 0 Å². The maximum atomic E-state index is 8.69. The molecule has 1 aromatic rings. The van der Waals surface area contributed by atoms with Gasteiger partial charge < -0.3 is 15.7 Å². The van der Waals surface area contributed by atoms with Crippen LogP contribution in [-0.4, -0.2) is 17.6 Å². The Morgan fingerprint density at radius 2 is 1.95 bits per heavy atom. The highest BCUT2D eigenvalue weighted by Crippen LogP contribution is 2.23. The van der Waals surface area contributed by atoms with Crippen LogP contribution in [0.1, 0.15) is 38.7 Å². The third kappa shape index (κ3) is 5.92. The molecule has 0 aliphatic heterocycles. The van der Waals surface area contributed by atoms with Gasteiger partial charge in [0.25, 0.3) is 0 Å². The van der Waals surface area contributed by atoms with Gasteiger partial charge in [-0.25, -0.2) is 0 Å². The lowest BCUT2D eigenvalue weighted by Crippen LogP contribution is -2.31. The fourth-order valence-electron chi connectivity index (χ4n) is 1.81. The topological polar surface area (TPSA) is 67.8 Å². The number of nitrogens with zero attached hydrogens (tertiary/aromatic N) is 1. The maximum Gasteiger partial charge on any atom is 0.144 e. The third-order valence-corrected chi connectivity index (χ3v) is 3.85. The van der Waals surface area contributed by atoms with Crippen molar-refractivity contribution in [3.8, 4) is 0 Å². The van der Waals surface area contributed by atoms with Gasteiger partial charge in [0.1, 0.15) is 5.84 Å². The highest BCUT2D eigenvalue weighted by Gasteiger charge is 2.22. The Morgan fingerprint density at radius 1 is 1.30 bits per heavy atom. The highest BCUT2D eigenvalue weighted by molar-refractivity contribution is 9.10. The molecule has 5 heteroatoms. The molecule has 0 atom stereocenters. The number of unbranched alkanes of at least 4 members (excludes halogenated alkanes) is 1. The number of rotatable bonds is 8. The van der Waals surface area contributed by atoms with E-state index in [-0.39, 0.29) is 11.3 Å². The monoisotopic (exact) mass is 342 g/mol. The number of hydrogen-bond donors (Lipinski definition) is 2. The van der Waals surface area contributed by atoms with Crippen molar-refractivity contribution in [3.63, 3.8) is 0 Å². The lowest BCUT2D eigenvalue weighted by Gasteiger charge is -2.22. The van der Waals surface area contributed by atoms with Gasteiger partial charge in [-0.15, -0.1) is 0 Å². The van der Waals surface area contributed by atoms with Gasteiger partial charge in [0, 0.05) is 16.5 Å². The minimum absolute atomic E-state index is 0.263. The normalized spacial score (nSPS) is 12.7. The van der Waals surface area contributed by atoms with Crippen LogP contribution >= 0.6 is 15.9 Å². The van der Waals surface area contributed by atoms with E-state index in [0.29, 0.717) is 6.61 Å². The molecule has 1 rings (SSSR count). The van der Waals surface area contributed by atoms with E-state index in [2.05, 4.69) is 21.1 Å². The van der Waals surface area contributed by atoms with E-state index < -0.39 is 0 Å². The first kappa shape index (κ1) is 17.0. The zero-order valence-corrected chi connectivity index (χ0v) is 13.7. The molecule has 112 valence electrons. The van der Waals surface area contributed by atoms with Crippen molar-refractivity contribution in [1.29, 1.82) is 0 Å². The second-order valence-corrected chi connectivity index (χ2v) is 6.42. The van der Waals surface area contributed by atoms with E-state index in [1.165, 1.54) is 5.56 Å². The van der Waals surface area contributed by atoms with Crippen molar-refractivity contribution in [3.05, 3.63) is 34.3 Å². The Hall–Kier alpha value is -1.07. The number of halogens is 1. The van der Waals surface area contributed by atoms with E-state index in [9.17, 15) is 0 Å². The number of nitrogens with two attached hydrogens (primary N) is 1. The molecule has 0 unspecified atom stereocenters. The fourth-order valence-corrected chi connectivity index (χ4v) is 2.07. The number of ether oxygens (including phenoxy) is 1. The van der Waals surface area contributed by atoms with Crippen LogP contribution in [0.15, 0.2) is 33.9 Å². The first-order chi connectivity index (χ1) is 9.45.